The van der Waals surface area contributed by atoms with Gasteiger partial charge in [0.25, 0.3) is 0 Å². The zero-order valence-electron chi connectivity index (χ0n) is 12.8. The van der Waals surface area contributed by atoms with E-state index in [1.807, 2.05) is 0 Å². The van der Waals surface area contributed by atoms with Crippen LogP contribution in [-0.4, -0.2) is 106 Å². The number of ether oxygens (including phenoxy) is 4. The smallest absolute Gasteiger partial charge is 0.187 e. The molecule has 23 heavy (non-hydrogen) atoms. The van der Waals surface area contributed by atoms with Crippen molar-refractivity contribution in [2.75, 3.05) is 13.7 Å². The summed E-state index contributed by atoms with van der Waals surface area (Å²) >= 11 is 0. The Morgan fingerprint density at radius 3 is 2.00 bits per heavy atom. The number of hydrogen-bond donors (Lipinski definition) is 6. The fourth-order valence-corrected chi connectivity index (χ4v) is 2.72. The first-order valence-corrected chi connectivity index (χ1v) is 7.32. The monoisotopic (exact) mass is 340 g/mol. The molecule has 0 radical (unpaired) electrons. The first kappa shape index (κ1) is 18.9. The minimum atomic E-state index is -1.61. The van der Waals surface area contributed by atoms with Crippen LogP contribution in [0.25, 0.3) is 0 Å². The quantitative estimate of drug-likeness (QED) is 0.300. The molecule has 2 heterocycles. The maximum atomic E-state index is 10.1. The molecule has 0 spiro atoms. The second kappa shape index (κ2) is 7.66. The zero-order valence-corrected chi connectivity index (χ0v) is 12.8. The van der Waals surface area contributed by atoms with Crippen LogP contribution in [0, 0.1) is 0 Å². The minimum Gasteiger partial charge on any atom is -0.394 e. The molecule has 2 rings (SSSR count). The van der Waals surface area contributed by atoms with Gasteiger partial charge in [-0.15, -0.1) is 0 Å². The SMILES string of the molecule is CO[C@@H]1O[C@H](C)[C@@H](O[C@H]2O[C@H](CO)[C@@H](O)[C@H](O)[C@H]2O)[C@H](O)[C@H]1O. The molecule has 136 valence electrons. The van der Waals surface area contributed by atoms with Crippen LogP contribution in [0.15, 0.2) is 0 Å². The highest BCUT2D eigenvalue weighted by Gasteiger charge is 2.49. The molecule has 0 bridgehead atoms. The molecule has 2 aliphatic heterocycles. The third-order valence-corrected chi connectivity index (χ3v) is 4.15. The third-order valence-electron chi connectivity index (χ3n) is 4.15. The summed E-state index contributed by atoms with van der Waals surface area (Å²) in [4.78, 5) is 0. The Kier molecular flexibility index (Phi) is 6.30. The summed E-state index contributed by atoms with van der Waals surface area (Å²) in [6.07, 6.45) is -12.9. The predicted octanol–water partition coefficient (Wildman–Crippen LogP) is -3.72. The van der Waals surface area contributed by atoms with E-state index in [0.717, 1.165) is 0 Å². The first-order valence-electron chi connectivity index (χ1n) is 7.32. The summed E-state index contributed by atoms with van der Waals surface area (Å²) in [5.74, 6) is 0. The Hall–Kier alpha value is -0.400. The van der Waals surface area contributed by atoms with Crippen molar-refractivity contribution in [1.29, 1.82) is 0 Å². The topological polar surface area (TPSA) is 158 Å². The maximum absolute atomic E-state index is 10.1. The van der Waals surface area contributed by atoms with Crippen molar-refractivity contribution >= 4 is 0 Å². The van der Waals surface area contributed by atoms with Gasteiger partial charge in [0, 0.05) is 7.11 Å². The van der Waals surface area contributed by atoms with E-state index in [1.165, 1.54) is 7.11 Å². The van der Waals surface area contributed by atoms with Crippen molar-refractivity contribution in [3.63, 3.8) is 0 Å². The van der Waals surface area contributed by atoms with Gasteiger partial charge in [0.05, 0.1) is 12.7 Å². The van der Waals surface area contributed by atoms with Crippen LogP contribution in [0.3, 0.4) is 0 Å². The highest BCUT2D eigenvalue weighted by Crippen LogP contribution is 2.29. The van der Waals surface area contributed by atoms with Crippen molar-refractivity contribution < 1.29 is 49.6 Å². The number of methoxy groups -OCH3 is 1. The van der Waals surface area contributed by atoms with Gasteiger partial charge in [-0.25, -0.2) is 0 Å². The van der Waals surface area contributed by atoms with Gasteiger partial charge >= 0.3 is 0 Å². The number of hydrogen-bond acceptors (Lipinski definition) is 10. The van der Waals surface area contributed by atoms with E-state index in [1.54, 1.807) is 6.92 Å². The highest BCUT2D eigenvalue weighted by atomic mass is 16.7. The Labute approximate surface area is 132 Å². The standard InChI is InChI=1S/C13H24O10/c1-4-11(8(17)10(19)12(20-2)21-4)23-13-9(18)7(16)6(15)5(3-14)22-13/h4-19H,3H2,1-2H3/t4-,5-,6-,7+,8-,9-,10-,11-,12-,13-/m1/s1. The van der Waals surface area contributed by atoms with E-state index in [4.69, 9.17) is 24.1 Å². The van der Waals surface area contributed by atoms with E-state index < -0.39 is 68.0 Å². The summed E-state index contributed by atoms with van der Waals surface area (Å²) in [7, 11) is 1.31. The summed E-state index contributed by atoms with van der Waals surface area (Å²) in [6.45, 7) is 0.967. The minimum absolute atomic E-state index is 0.599. The molecule has 0 aromatic heterocycles. The lowest BCUT2D eigenvalue weighted by atomic mass is 9.97. The van der Waals surface area contributed by atoms with Crippen LogP contribution in [0.1, 0.15) is 6.92 Å². The summed E-state index contributed by atoms with van der Waals surface area (Å²) in [5, 5.41) is 58.5. The van der Waals surface area contributed by atoms with Crippen LogP contribution in [0.4, 0.5) is 0 Å². The second-order valence-electron chi connectivity index (χ2n) is 5.72. The van der Waals surface area contributed by atoms with E-state index in [2.05, 4.69) is 0 Å². The first-order chi connectivity index (χ1) is 10.8. The molecule has 2 saturated heterocycles. The summed E-state index contributed by atoms with van der Waals surface area (Å²) in [6, 6.07) is 0. The number of aliphatic hydroxyl groups excluding tert-OH is 6. The van der Waals surface area contributed by atoms with Crippen molar-refractivity contribution in [2.24, 2.45) is 0 Å². The van der Waals surface area contributed by atoms with Gasteiger partial charge in [-0.05, 0) is 6.92 Å². The molecule has 2 aliphatic rings. The molecule has 6 N–H and O–H groups in total. The maximum Gasteiger partial charge on any atom is 0.187 e. The van der Waals surface area contributed by atoms with E-state index in [9.17, 15) is 25.5 Å². The van der Waals surface area contributed by atoms with Gasteiger partial charge in [0.1, 0.15) is 42.7 Å². The normalized spacial score (nSPS) is 51.7. The summed E-state index contributed by atoms with van der Waals surface area (Å²) < 4.78 is 20.9. The van der Waals surface area contributed by atoms with E-state index in [0.29, 0.717) is 0 Å². The zero-order chi connectivity index (χ0) is 17.3. The molecule has 0 aromatic carbocycles. The fraction of sp³-hybridized carbons (Fsp3) is 1.00. The van der Waals surface area contributed by atoms with Gasteiger partial charge in [-0.1, -0.05) is 0 Å². The van der Waals surface area contributed by atoms with Crippen LogP contribution in [0.5, 0.6) is 0 Å². The van der Waals surface area contributed by atoms with Crippen molar-refractivity contribution in [1.82, 2.24) is 0 Å². The number of aliphatic hydroxyl groups is 6. The molecular weight excluding hydrogens is 316 g/mol. The second-order valence-corrected chi connectivity index (χ2v) is 5.72. The van der Waals surface area contributed by atoms with Crippen molar-refractivity contribution in [2.45, 2.75) is 68.3 Å². The van der Waals surface area contributed by atoms with Crippen LogP contribution < -0.4 is 0 Å². The average molecular weight is 340 g/mol. The number of rotatable bonds is 4. The van der Waals surface area contributed by atoms with Gasteiger partial charge in [-0.2, -0.15) is 0 Å². The van der Waals surface area contributed by atoms with Crippen molar-refractivity contribution in [3.8, 4) is 0 Å². The Morgan fingerprint density at radius 2 is 1.43 bits per heavy atom. The molecule has 0 unspecified atom stereocenters. The molecule has 10 atom stereocenters. The van der Waals surface area contributed by atoms with Crippen LogP contribution >= 0.6 is 0 Å². The molecule has 0 aromatic rings. The Morgan fingerprint density at radius 1 is 0.826 bits per heavy atom. The van der Waals surface area contributed by atoms with E-state index >= 15 is 0 Å². The molecule has 10 nitrogen and oxygen atoms in total. The third kappa shape index (κ3) is 3.66. The van der Waals surface area contributed by atoms with Crippen LogP contribution in [0.2, 0.25) is 0 Å². The lowest BCUT2D eigenvalue weighted by Crippen LogP contribution is -2.63. The fourth-order valence-electron chi connectivity index (χ4n) is 2.72. The largest absolute Gasteiger partial charge is 0.394 e. The van der Waals surface area contributed by atoms with Crippen molar-refractivity contribution in [3.05, 3.63) is 0 Å². The molecule has 0 amide bonds. The lowest BCUT2D eigenvalue weighted by Gasteiger charge is -2.45. The Bertz CT molecular complexity index is 380. The van der Waals surface area contributed by atoms with Gasteiger partial charge in [0.15, 0.2) is 12.6 Å². The van der Waals surface area contributed by atoms with Gasteiger partial charge in [-0.3, -0.25) is 0 Å². The molecule has 0 saturated carbocycles. The molecule has 2 fully saturated rings. The highest BCUT2D eigenvalue weighted by molar-refractivity contribution is 4.93. The van der Waals surface area contributed by atoms with Gasteiger partial charge < -0.3 is 49.6 Å². The summed E-state index contributed by atoms with van der Waals surface area (Å²) in [5.41, 5.74) is 0. The van der Waals surface area contributed by atoms with Crippen LogP contribution in [-0.2, 0) is 18.9 Å². The lowest BCUT2D eigenvalue weighted by molar-refractivity contribution is -0.353. The van der Waals surface area contributed by atoms with Gasteiger partial charge in [0.2, 0.25) is 0 Å². The molecular formula is C13H24O10. The van der Waals surface area contributed by atoms with E-state index in [-0.39, 0.29) is 0 Å². The molecule has 10 heteroatoms. The molecule has 0 aliphatic carbocycles. The average Bonchev–Trinajstić information content (AvgIpc) is 2.54. The Balaban J connectivity index is 2.08. The predicted molar refractivity (Wildman–Crippen MR) is 72.0 cm³/mol.